The fourth-order valence-corrected chi connectivity index (χ4v) is 2.82. The van der Waals surface area contributed by atoms with Crippen LogP contribution in [0.15, 0.2) is 30.3 Å². The summed E-state index contributed by atoms with van der Waals surface area (Å²) in [6.07, 6.45) is 1.56. The van der Waals surface area contributed by atoms with Crippen molar-refractivity contribution in [1.82, 2.24) is 15.5 Å². The number of anilines is 1. The summed E-state index contributed by atoms with van der Waals surface area (Å²) in [5.41, 5.74) is 0.741. The van der Waals surface area contributed by atoms with E-state index < -0.39 is 0 Å². The van der Waals surface area contributed by atoms with Crippen LogP contribution in [0.4, 0.5) is 10.5 Å². The Morgan fingerprint density at radius 1 is 1.12 bits per heavy atom. The Morgan fingerprint density at radius 3 is 2.50 bits per heavy atom. The van der Waals surface area contributed by atoms with Crippen LogP contribution in [0.1, 0.15) is 26.7 Å². The average Bonchev–Trinajstić information content (AvgIpc) is 2.65. The molecule has 1 unspecified atom stereocenters. The molecule has 1 aromatic carbocycles. The lowest BCUT2D eigenvalue weighted by Crippen LogP contribution is -2.47. The smallest absolute Gasteiger partial charge is 0.321 e. The Balaban J connectivity index is 1.75. The van der Waals surface area contributed by atoms with E-state index in [1.807, 2.05) is 44.2 Å². The number of benzene rings is 1. The third kappa shape index (κ3) is 6.06. The number of likely N-dealkylation sites (tertiary alicyclic amines) is 1. The van der Waals surface area contributed by atoms with Gasteiger partial charge in [0.2, 0.25) is 11.8 Å². The minimum Gasteiger partial charge on any atom is -0.354 e. The molecule has 0 radical (unpaired) electrons. The van der Waals surface area contributed by atoms with E-state index in [0.717, 1.165) is 18.5 Å². The maximum atomic E-state index is 12.4. The van der Waals surface area contributed by atoms with Gasteiger partial charge in [0.05, 0.1) is 5.92 Å². The van der Waals surface area contributed by atoms with Crippen LogP contribution < -0.4 is 16.0 Å². The maximum absolute atomic E-state index is 12.4. The van der Waals surface area contributed by atoms with Gasteiger partial charge in [-0.3, -0.25) is 9.59 Å². The van der Waals surface area contributed by atoms with E-state index in [2.05, 4.69) is 16.0 Å². The number of piperidine rings is 1. The largest absolute Gasteiger partial charge is 0.354 e. The van der Waals surface area contributed by atoms with Crippen molar-refractivity contribution >= 4 is 23.5 Å². The van der Waals surface area contributed by atoms with Gasteiger partial charge in [0.15, 0.2) is 0 Å². The number of nitrogens with one attached hydrogen (secondary N) is 3. The van der Waals surface area contributed by atoms with Gasteiger partial charge in [0.25, 0.3) is 0 Å². The van der Waals surface area contributed by atoms with Gasteiger partial charge in [-0.25, -0.2) is 4.79 Å². The number of para-hydroxylation sites is 1. The highest BCUT2D eigenvalue weighted by molar-refractivity contribution is 5.90. The van der Waals surface area contributed by atoms with Crippen molar-refractivity contribution < 1.29 is 14.4 Å². The molecule has 1 aliphatic heterocycles. The van der Waals surface area contributed by atoms with Gasteiger partial charge in [-0.15, -0.1) is 0 Å². The van der Waals surface area contributed by atoms with Crippen LogP contribution in [0.5, 0.6) is 0 Å². The molecule has 0 aliphatic carbocycles. The standard InChI is InChI=1S/C19H28N4O3/c1-14(2)17(24)20-10-11-21-18(25)15-7-6-12-23(13-15)19(26)22-16-8-4-3-5-9-16/h3-5,8-9,14-15H,6-7,10-13H2,1-2H3,(H,20,24)(H,21,25)(H,22,26). The van der Waals surface area contributed by atoms with E-state index >= 15 is 0 Å². The second-order valence-corrected chi connectivity index (χ2v) is 6.82. The molecule has 0 bridgehead atoms. The molecular weight excluding hydrogens is 332 g/mol. The van der Waals surface area contributed by atoms with Crippen molar-refractivity contribution in [3.63, 3.8) is 0 Å². The molecule has 26 heavy (non-hydrogen) atoms. The lowest BCUT2D eigenvalue weighted by molar-refractivity contribution is -0.127. The Labute approximate surface area is 154 Å². The fraction of sp³-hybridized carbons (Fsp3) is 0.526. The predicted molar refractivity (Wildman–Crippen MR) is 101 cm³/mol. The van der Waals surface area contributed by atoms with E-state index in [9.17, 15) is 14.4 Å². The van der Waals surface area contributed by atoms with Crippen LogP contribution in [0, 0.1) is 11.8 Å². The molecule has 3 N–H and O–H groups in total. The van der Waals surface area contributed by atoms with E-state index in [1.165, 1.54) is 0 Å². The summed E-state index contributed by atoms with van der Waals surface area (Å²) in [7, 11) is 0. The van der Waals surface area contributed by atoms with Crippen molar-refractivity contribution in [2.75, 3.05) is 31.5 Å². The quantitative estimate of drug-likeness (QED) is 0.676. The van der Waals surface area contributed by atoms with Crippen LogP contribution in [-0.2, 0) is 9.59 Å². The number of urea groups is 1. The number of hydrogen-bond acceptors (Lipinski definition) is 3. The van der Waals surface area contributed by atoms with Crippen LogP contribution >= 0.6 is 0 Å². The zero-order valence-electron chi connectivity index (χ0n) is 15.5. The number of carbonyl (C=O) groups is 3. The van der Waals surface area contributed by atoms with Crippen LogP contribution in [0.3, 0.4) is 0 Å². The molecule has 1 saturated heterocycles. The molecule has 0 aromatic heterocycles. The van der Waals surface area contributed by atoms with Crippen molar-refractivity contribution in [3.05, 3.63) is 30.3 Å². The molecule has 1 atom stereocenters. The Morgan fingerprint density at radius 2 is 1.81 bits per heavy atom. The Kier molecular flexibility index (Phi) is 7.44. The molecule has 7 heteroatoms. The third-order valence-electron chi connectivity index (χ3n) is 4.35. The molecular formula is C19H28N4O3. The van der Waals surface area contributed by atoms with Gasteiger partial charge >= 0.3 is 6.03 Å². The molecule has 7 nitrogen and oxygen atoms in total. The summed E-state index contributed by atoms with van der Waals surface area (Å²) >= 11 is 0. The van der Waals surface area contributed by atoms with Gasteiger partial charge in [0, 0.05) is 37.8 Å². The number of carbonyl (C=O) groups excluding carboxylic acids is 3. The first-order valence-corrected chi connectivity index (χ1v) is 9.13. The molecule has 4 amide bonds. The zero-order valence-corrected chi connectivity index (χ0v) is 15.5. The summed E-state index contributed by atoms with van der Waals surface area (Å²) in [5.74, 6) is -0.381. The normalized spacial score (nSPS) is 16.9. The maximum Gasteiger partial charge on any atom is 0.321 e. The summed E-state index contributed by atoms with van der Waals surface area (Å²) in [6, 6.07) is 9.09. The Bertz CT molecular complexity index is 618. The van der Waals surface area contributed by atoms with E-state index in [-0.39, 0.29) is 29.7 Å². The minimum absolute atomic E-state index is 0.0272. The monoisotopic (exact) mass is 360 g/mol. The molecule has 1 aliphatic rings. The van der Waals surface area contributed by atoms with Gasteiger partial charge in [-0.1, -0.05) is 32.0 Å². The highest BCUT2D eigenvalue weighted by Crippen LogP contribution is 2.18. The van der Waals surface area contributed by atoms with E-state index in [1.54, 1.807) is 4.90 Å². The fourth-order valence-electron chi connectivity index (χ4n) is 2.82. The highest BCUT2D eigenvalue weighted by Gasteiger charge is 2.28. The third-order valence-corrected chi connectivity index (χ3v) is 4.35. The summed E-state index contributed by atoms with van der Waals surface area (Å²) in [5, 5.41) is 8.46. The van der Waals surface area contributed by atoms with Crippen molar-refractivity contribution in [1.29, 1.82) is 0 Å². The predicted octanol–water partition coefficient (Wildman–Crippen LogP) is 1.82. The highest BCUT2D eigenvalue weighted by atomic mass is 16.2. The summed E-state index contributed by atoms with van der Waals surface area (Å²) in [6.45, 7) is 5.50. The lowest BCUT2D eigenvalue weighted by Gasteiger charge is -2.32. The first kappa shape index (κ1) is 19.8. The molecule has 1 fully saturated rings. The van der Waals surface area contributed by atoms with Gasteiger partial charge in [0.1, 0.15) is 0 Å². The van der Waals surface area contributed by atoms with Gasteiger partial charge < -0.3 is 20.9 Å². The average molecular weight is 360 g/mol. The molecule has 142 valence electrons. The zero-order chi connectivity index (χ0) is 18.9. The molecule has 1 heterocycles. The van der Waals surface area contributed by atoms with Gasteiger partial charge in [-0.2, -0.15) is 0 Å². The molecule has 2 rings (SSSR count). The van der Waals surface area contributed by atoms with Crippen molar-refractivity contribution in [2.45, 2.75) is 26.7 Å². The second kappa shape index (κ2) is 9.79. The molecule has 0 spiro atoms. The number of rotatable bonds is 6. The first-order chi connectivity index (χ1) is 12.5. The number of amides is 4. The minimum atomic E-state index is -0.217. The van der Waals surface area contributed by atoms with Crippen molar-refractivity contribution in [2.24, 2.45) is 11.8 Å². The Hall–Kier alpha value is -2.57. The topological polar surface area (TPSA) is 90.5 Å². The summed E-state index contributed by atoms with van der Waals surface area (Å²) in [4.78, 5) is 37.9. The van der Waals surface area contributed by atoms with E-state index in [0.29, 0.717) is 26.2 Å². The molecule has 0 saturated carbocycles. The number of nitrogens with zero attached hydrogens (tertiary/aromatic N) is 1. The summed E-state index contributed by atoms with van der Waals surface area (Å²) < 4.78 is 0. The molecule has 1 aromatic rings. The van der Waals surface area contributed by atoms with Crippen LogP contribution in [0.2, 0.25) is 0 Å². The lowest BCUT2D eigenvalue weighted by atomic mass is 9.97. The first-order valence-electron chi connectivity index (χ1n) is 9.13. The SMILES string of the molecule is CC(C)C(=O)NCCNC(=O)C1CCCN(C(=O)Nc2ccccc2)C1. The van der Waals surface area contributed by atoms with E-state index in [4.69, 9.17) is 0 Å². The van der Waals surface area contributed by atoms with Crippen molar-refractivity contribution in [3.8, 4) is 0 Å². The van der Waals surface area contributed by atoms with Gasteiger partial charge in [-0.05, 0) is 25.0 Å². The van der Waals surface area contributed by atoms with Crippen LogP contribution in [0.25, 0.3) is 0 Å². The van der Waals surface area contributed by atoms with Crippen LogP contribution in [-0.4, -0.2) is 48.9 Å². The second-order valence-electron chi connectivity index (χ2n) is 6.82. The number of hydrogen-bond donors (Lipinski definition) is 3.